The van der Waals surface area contributed by atoms with Crippen LogP contribution < -0.4 is 4.90 Å². The molecule has 4 heteroatoms. The molecule has 1 heterocycles. The van der Waals surface area contributed by atoms with Gasteiger partial charge in [0.1, 0.15) is 0 Å². The lowest BCUT2D eigenvalue weighted by molar-refractivity contribution is -0.124. The zero-order chi connectivity index (χ0) is 10.3. The van der Waals surface area contributed by atoms with E-state index in [-0.39, 0.29) is 18.2 Å². The van der Waals surface area contributed by atoms with Gasteiger partial charge < -0.3 is 0 Å². The van der Waals surface area contributed by atoms with Crippen molar-refractivity contribution in [1.29, 1.82) is 0 Å². The first kappa shape index (κ1) is 9.21. The molecule has 1 aromatic rings. The molecule has 0 bridgehead atoms. The first-order valence-electron chi connectivity index (χ1n) is 4.21. The molecule has 1 aliphatic heterocycles. The van der Waals surface area contributed by atoms with Crippen LogP contribution in [0.15, 0.2) is 18.2 Å². The number of halogens is 1. The fourth-order valence-corrected chi connectivity index (χ4v) is 1.83. The predicted molar refractivity (Wildman–Crippen MR) is 53.3 cm³/mol. The summed E-state index contributed by atoms with van der Waals surface area (Å²) in [6.07, 6.45) is 0.259. The zero-order valence-corrected chi connectivity index (χ0v) is 8.34. The molecule has 2 amide bonds. The Morgan fingerprint density at radius 2 is 2.21 bits per heavy atom. The quantitative estimate of drug-likeness (QED) is 0.653. The number of rotatable bonds is 0. The number of benzene rings is 1. The van der Waals surface area contributed by atoms with Crippen molar-refractivity contribution in [2.75, 3.05) is 4.90 Å². The highest BCUT2D eigenvalue weighted by Crippen LogP contribution is 2.30. The van der Waals surface area contributed by atoms with E-state index in [2.05, 4.69) is 0 Å². The number of hydrogen-bond donors (Lipinski definition) is 0. The molecule has 0 atom stereocenters. The van der Waals surface area contributed by atoms with Crippen molar-refractivity contribution in [3.8, 4) is 0 Å². The van der Waals surface area contributed by atoms with E-state index in [9.17, 15) is 9.59 Å². The molecule has 0 unspecified atom stereocenters. The molecule has 0 aliphatic carbocycles. The average molecular weight is 210 g/mol. The van der Waals surface area contributed by atoms with E-state index < -0.39 is 0 Å². The van der Waals surface area contributed by atoms with Gasteiger partial charge in [-0.1, -0.05) is 11.6 Å². The molecule has 0 radical (unpaired) electrons. The van der Waals surface area contributed by atoms with Crippen molar-refractivity contribution in [3.05, 3.63) is 28.8 Å². The van der Waals surface area contributed by atoms with Gasteiger partial charge in [0.15, 0.2) is 0 Å². The summed E-state index contributed by atoms with van der Waals surface area (Å²) in [5, 5.41) is 0.585. The van der Waals surface area contributed by atoms with E-state index in [4.69, 9.17) is 11.6 Å². The molecule has 3 nitrogen and oxygen atoms in total. The summed E-state index contributed by atoms with van der Waals surface area (Å²) in [5.74, 6) is -0.439. The number of hydrogen-bond acceptors (Lipinski definition) is 2. The van der Waals surface area contributed by atoms with Crippen molar-refractivity contribution in [2.45, 2.75) is 13.3 Å². The predicted octanol–water partition coefficient (Wildman–Crippen LogP) is 1.78. The minimum Gasteiger partial charge on any atom is -0.274 e. The van der Waals surface area contributed by atoms with Crippen molar-refractivity contribution in [3.63, 3.8) is 0 Å². The van der Waals surface area contributed by atoms with Crippen LogP contribution in [0.2, 0.25) is 5.02 Å². The Morgan fingerprint density at radius 3 is 2.86 bits per heavy atom. The fourth-order valence-electron chi connectivity index (χ4n) is 1.64. The van der Waals surface area contributed by atoms with E-state index in [0.717, 1.165) is 5.56 Å². The zero-order valence-electron chi connectivity index (χ0n) is 7.58. The largest absolute Gasteiger partial charge is 0.274 e. The number of fused-ring (bicyclic) bond motifs is 1. The minimum absolute atomic E-state index is 0.185. The lowest BCUT2D eigenvalue weighted by Gasteiger charge is -2.12. The molecular weight excluding hydrogens is 202 g/mol. The van der Waals surface area contributed by atoms with Crippen LogP contribution in [0.4, 0.5) is 5.69 Å². The molecule has 0 saturated carbocycles. The van der Waals surface area contributed by atoms with Crippen LogP contribution in [0.1, 0.15) is 12.5 Å². The Hall–Kier alpha value is -1.35. The Balaban J connectivity index is 2.53. The minimum atomic E-state index is -0.254. The van der Waals surface area contributed by atoms with Gasteiger partial charge in [-0.15, -0.1) is 0 Å². The van der Waals surface area contributed by atoms with Crippen LogP contribution in [-0.4, -0.2) is 11.8 Å². The molecule has 2 rings (SSSR count). The average Bonchev–Trinajstić information content (AvgIpc) is 2.39. The summed E-state index contributed by atoms with van der Waals surface area (Å²) in [6, 6.07) is 5.09. The summed E-state index contributed by atoms with van der Waals surface area (Å²) in [4.78, 5) is 23.8. The van der Waals surface area contributed by atoms with Crippen molar-refractivity contribution in [2.24, 2.45) is 0 Å². The first-order chi connectivity index (χ1) is 6.59. The van der Waals surface area contributed by atoms with Crippen LogP contribution in [0.5, 0.6) is 0 Å². The van der Waals surface area contributed by atoms with Crippen LogP contribution >= 0.6 is 11.6 Å². The van der Waals surface area contributed by atoms with E-state index in [0.29, 0.717) is 10.7 Å². The molecule has 14 heavy (non-hydrogen) atoms. The smallest absolute Gasteiger partial charge is 0.238 e. The van der Waals surface area contributed by atoms with Gasteiger partial charge in [0.05, 0.1) is 12.1 Å². The van der Waals surface area contributed by atoms with Gasteiger partial charge in [0.25, 0.3) is 0 Å². The van der Waals surface area contributed by atoms with Gasteiger partial charge in [-0.3, -0.25) is 14.5 Å². The van der Waals surface area contributed by atoms with Crippen LogP contribution in [0.25, 0.3) is 0 Å². The monoisotopic (exact) mass is 209 g/mol. The summed E-state index contributed by atoms with van der Waals surface area (Å²) in [6.45, 7) is 1.38. The molecule has 1 aromatic carbocycles. The summed E-state index contributed by atoms with van der Waals surface area (Å²) >= 11 is 5.78. The van der Waals surface area contributed by atoms with E-state index in [1.54, 1.807) is 18.2 Å². The highest BCUT2D eigenvalue weighted by molar-refractivity contribution is 6.31. The van der Waals surface area contributed by atoms with Crippen LogP contribution in [0, 0.1) is 0 Å². The number of amides is 2. The second-order valence-electron chi connectivity index (χ2n) is 3.20. The third-order valence-corrected chi connectivity index (χ3v) is 2.42. The number of anilines is 1. The van der Waals surface area contributed by atoms with Gasteiger partial charge in [-0.2, -0.15) is 0 Å². The molecule has 1 aliphatic rings. The summed E-state index contributed by atoms with van der Waals surface area (Å²) < 4.78 is 0. The van der Waals surface area contributed by atoms with Crippen molar-refractivity contribution < 1.29 is 9.59 Å². The molecule has 72 valence electrons. The Kier molecular flexibility index (Phi) is 2.04. The first-order valence-corrected chi connectivity index (χ1v) is 4.59. The maximum absolute atomic E-state index is 11.4. The Labute approximate surface area is 86.3 Å². The standard InChI is InChI=1S/C10H8ClNO2/c1-6(13)12-9-3-2-8(11)4-7(9)5-10(12)14/h2-4H,5H2,1H3. The topological polar surface area (TPSA) is 37.4 Å². The molecule has 0 aromatic heterocycles. The number of carbonyl (C=O) groups is 2. The van der Waals surface area contributed by atoms with Gasteiger partial charge in [0.2, 0.25) is 11.8 Å². The number of imide groups is 1. The normalized spacial score (nSPS) is 14.4. The molecule has 0 N–H and O–H groups in total. The lowest BCUT2D eigenvalue weighted by atomic mass is 10.2. The molecular formula is C10H8ClNO2. The van der Waals surface area contributed by atoms with Gasteiger partial charge in [0, 0.05) is 11.9 Å². The highest BCUT2D eigenvalue weighted by Gasteiger charge is 2.29. The third kappa shape index (κ3) is 1.30. The highest BCUT2D eigenvalue weighted by atomic mass is 35.5. The number of nitrogens with zero attached hydrogens (tertiary/aromatic N) is 1. The van der Waals surface area contributed by atoms with Gasteiger partial charge >= 0.3 is 0 Å². The second-order valence-corrected chi connectivity index (χ2v) is 3.63. The van der Waals surface area contributed by atoms with Crippen LogP contribution in [0.3, 0.4) is 0 Å². The Morgan fingerprint density at radius 1 is 1.50 bits per heavy atom. The SMILES string of the molecule is CC(=O)N1C(=O)Cc2cc(Cl)ccc21. The summed E-state index contributed by atoms with van der Waals surface area (Å²) in [7, 11) is 0. The maximum atomic E-state index is 11.4. The molecule has 0 spiro atoms. The van der Waals surface area contributed by atoms with E-state index in [1.807, 2.05) is 0 Å². The maximum Gasteiger partial charge on any atom is 0.238 e. The third-order valence-electron chi connectivity index (χ3n) is 2.19. The van der Waals surface area contributed by atoms with E-state index >= 15 is 0 Å². The van der Waals surface area contributed by atoms with E-state index in [1.165, 1.54) is 11.8 Å². The lowest BCUT2D eigenvalue weighted by Crippen LogP contribution is -2.31. The summed E-state index contributed by atoms with van der Waals surface area (Å²) in [5.41, 5.74) is 1.48. The Bertz CT molecular complexity index is 428. The van der Waals surface area contributed by atoms with Gasteiger partial charge in [-0.05, 0) is 23.8 Å². The van der Waals surface area contributed by atoms with Crippen LogP contribution in [-0.2, 0) is 16.0 Å². The molecule has 0 fully saturated rings. The van der Waals surface area contributed by atoms with Crippen molar-refractivity contribution in [1.82, 2.24) is 0 Å². The fraction of sp³-hybridized carbons (Fsp3) is 0.200. The second kappa shape index (κ2) is 3.10. The van der Waals surface area contributed by atoms with Crippen molar-refractivity contribution >= 4 is 29.1 Å². The van der Waals surface area contributed by atoms with Gasteiger partial charge in [-0.25, -0.2) is 0 Å². The number of carbonyl (C=O) groups excluding carboxylic acids is 2. The molecule has 0 saturated heterocycles.